The first-order valence-corrected chi connectivity index (χ1v) is 5.79. The van der Waals surface area contributed by atoms with Crippen LogP contribution in [-0.2, 0) is 0 Å². The van der Waals surface area contributed by atoms with Gasteiger partial charge in [-0.1, -0.05) is 6.07 Å². The number of halogens is 1. The van der Waals surface area contributed by atoms with E-state index >= 15 is 0 Å². The van der Waals surface area contributed by atoms with Gasteiger partial charge < -0.3 is 10.1 Å². The lowest BCUT2D eigenvalue weighted by atomic mass is 10.1. The van der Waals surface area contributed by atoms with Crippen LogP contribution in [0.3, 0.4) is 0 Å². The molecule has 0 aliphatic heterocycles. The topological polar surface area (TPSA) is 62.1 Å². The van der Waals surface area contributed by atoms with E-state index in [-0.39, 0.29) is 11.3 Å². The highest BCUT2D eigenvalue weighted by molar-refractivity contribution is 6.04. The highest BCUT2D eigenvalue weighted by atomic mass is 19.1. The maximum Gasteiger partial charge on any atom is 0.255 e. The number of amides is 1. The van der Waals surface area contributed by atoms with Crippen molar-refractivity contribution >= 4 is 11.6 Å². The van der Waals surface area contributed by atoms with Gasteiger partial charge in [0.2, 0.25) is 0 Å². The number of hydrogen-bond donors (Lipinski definition) is 1. The molecule has 2 rings (SSSR count). The monoisotopic (exact) mass is 270 g/mol. The van der Waals surface area contributed by atoms with Crippen LogP contribution in [0.25, 0.3) is 0 Å². The Hall–Kier alpha value is -2.87. The van der Waals surface area contributed by atoms with Crippen molar-refractivity contribution in [2.24, 2.45) is 0 Å². The fourth-order valence-electron chi connectivity index (χ4n) is 1.68. The lowest BCUT2D eigenvalue weighted by Gasteiger charge is -2.07. The van der Waals surface area contributed by atoms with Gasteiger partial charge in [0.25, 0.3) is 5.91 Å². The quantitative estimate of drug-likeness (QED) is 0.932. The van der Waals surface area contributed by atoms with E-state index in [9.17, 15) is 9.18 Å². The maximum atomic E-state index is 13.5. The second kappa shape index (κ2) is 5.85. The van der Waals surface area contributed by atoms with Crippen molar-refractivity contribution in [3.63, 3.8) is 0 Å². The average Bonchev–Trinajstić information content (AvgIpc) is 2.47. The first kappa shape index (κ1) is 13.6. The standard InChI is InChI=1S/C15H11FN2O2/c1-20-14-6-5-11(8-13(14)16)15(19)18-12-4-2-3-10(7-12)9-17/h2-8H,1H3,(H,18,19). The van der Waals surface area contributed by atoms with E-state index in [4.69, 9.17) is 10.00 Å². The molecule has 20 heavy (non-hydrogen) atoms. The van der Waals surface area contributed by atoms with E-state index in [2.05, 4.69) is 5.32 Å². The minimum absolute atomic E-state index is 0.0769. The van der Waals surface area contributed by atoms with Crippen LogP contribution in [0.2, 0.25) is 0 Å². The fourth-order valence-corrected chi connectivity index (χ4v) is 1.68. The van der Waals surface area contributed by atoms with Gasteiger partial charge in [-0.3, -0.25) is 4.79 Å². The van der Waals surface area contributed by atoms with Gasteiger partial charge in [-0.15, -0.1) is 0 Å². The van der Waals surface area contributed by atoms with Gasteiger partial charge in [0.1, 0.15) is 0 Å². The molecule has 0 saturated heterocycles. The van der Waals surface area contributed by atoms with Crippen molar-refractivity contribution in [3.05, 3.63) is 59.4 Å². The Labute approximate surface area is 115 Å². The molecule has 0 fully saturated rings. The summed E-state index contributed by atoms with van der Waals surface area (Å²) in [6, 6.07) is 12.4. The van der Waals surface area contributed by atoms with Crippen molar-refractivity contribution in [1.29, 1.82) is 5.26 Å². The number of anilines is 1. The highest BCUT2D eigenvalue weighted by Gasteiger charge is 2.10. The summed E-state index contributed by atoms with van der Waals surface area (Å²) in [7, 11) is 1.35. The van der Waals surface area contributed by atoms with Gasteiger partial charge in [-0.05, 0) is 36.4 Å². The molecule has 0 aliphatic carbocycles. The third-order valence-electron chi connectivity index (χ3n) is 2.66. The van der Waals surface area contributed by atoms with Crippen LogP contribution >= 0.6 is 0 Å². The predicted molar refractivity (Wildman–Crippen MR) is 72.1 cm³/mol. The Morgan fingerprint density at radius 2 is 2.10 bits per heavy atom. The van der Waals surface area contributed by atoms with E-state index < -0.39 is 11.7 Å². The van der Waals surface area contributed by atoms with Crippen LogP contribution in [-0.4, -0.2) is 13.0 Å². The Morgan fingerprint density at radius 3 is 2.75 bits per heavy atom. The molecule has 0 saturated carbocycles. The fraction of sp³-hybridized carbons (Fsp3) is 0.0667. The lowest BCUT2D eigenvalue weighted by Crippen LogP contribution is -2.12. The number of carbonyl (C=O) groups excluding carboxylic acids is 1. The second-order valence-corrected chi connectivity index (χ2v) is 4.00. The molecule has 5 heteroatoms. The van der Waals surface area contributed by atoms with Crippen molar-refractivity contribution in [2.45, 2.75) is 0 Å². The van der Waals surface area contributed by atoms with Crippen LogP contribution in [0.4, 0.5) is 10.1 Å². The van der Waals surface area contributed by atoms with Crippen LogP contribution in [0.1, 0.15) is 15.9 Å². The zero-order valence-corrected chi connectivity index (χ0v) is 10.7. The number of nitrogens with zero attached hydrogens (tertiary/aromatic N) is 1. The molecule has 100 valence electrons. The van der Waals surface area contributed by atoms with E-state index in [1.165, 1.54) is 25.3 Å². The molecule has 1 N–H and O–H groups in total. The van der Waals surface area contributed by atoms with Gasteiger partial charge in [0.15, 0.2) is 11.6 Å². The van der Waals surface area contributed by atoms with Crippen LogP contribution in [0, 0.1) is 17.1 Å². The number of benzene rings is 2. The summed E-state index contributed by atoms with van der Waals surface area (Å²) in [5.74, 6) is -0.986. The largest absolute Gasteiger partial charge is 0.494 e. The first-order valence-electron chi connectivity index (χ1n) is 5.79. The summed E-state index contributed by atoms with van der Waals surface area (Å²) in [4.78, 5) is 12.0. The number of hydrogen-bond acceptors (Lipinski definition) is 3. The van der Waals surface area contributed by atoms with E-state index in [0.29, 0.717) is 11.3 Å². The molecule has 0 heterocycles. The summed E-state index contributed by atoms with van der Waals surface area (Å²) in [5.41, 5.74) is 1.08. The van der Waals surface area contributed by atoms with Crippen LogP contribution in [0.5, 0.6) is 5.75 Å². The molecule has 0 spiro atoms. The van der Waals surface area contributed by atoms with Gasteiger partial charge in [-0.25, -0.2) is 4.39 Å². The SMILES string of the molecule is COc1ccc(C(=O)Nc2cccc(C#N)c2)cc1F. The number of rotatable bonds is 3. The summed E-state index contributed by atoms with van der Waals surface area (Å²) in [5, 5.41) is 11.4. The smallest absolute Gasteiger partial charge is 0.255 e. The molecule has 0 radical (unpaired) electrons. The predicted octanol–water partition coefficient (Wildman–Crippen LogP) is 2.96. The first-order chi connectivity index (χ1) is 9.63. The molecular weight excluding hydrogens is 259 g/mol. The molecular formula is C15H11FN2O2. The molecule has 4 nitrogen and oxygen atoms in total. The van der Waals surface area contributed by atoms with Crippen molar-refractivity contribution < 1.29 is 13.9 Å². The molecule has 0 aromatic heterocycles. The van der Waals surface area contributed by atoms with E-state index in [1.54, 1.807) is 18.2 Å². The molecule has 2 aromatic rings. The average molecular weight is 270 g/mol. The summed E-state index contributed by atoms with van der Waals surface area (Å²) < 4.78 is 18.3. The van der Waals surface area contributed by atoms with Crippen molar-refractivity contribution in [3.8, 4) is 11.8 Å². The molecule has 1 amide bonds. The molecule has 0 unspecified atom stereocenters. The molecule has 0 bridgehead atoms. The second-order valence-electron chi connectivity index (χ2n) is 4.00. The van der Waals surface area contributed by atoms with Gasteiger partial charge >= 0.3 is 0 Å². The lowest BCUT2D eigenvalue weighted by molar-refractivity contribution is 0.102. The molecule has 0 aliphatic rings. The van der Waals surface area contributed by atoms with E-state index in [1.807, 2.05) is 6.07 Å². The zero-order valence-electron chi connectivity index (χ0n) is 10.7. The third kappa shape index (κ3) is 2.93. The van der Waals surface area contributed by atoms with Gasteiger partial charge in [0.05, 0.1) is 18.7 Å². The normalized spacial score (nSPS) is 9.65. The van der Waals surface area contributed by atoms with Crippen molar-refractivity contribution in [1.82, 2.24) is 0 Å². The Bertz CT molecular complexity index is 693. The summed E-state index contributed by atoms with van der Waals surface area (Å²) in [6.07, 6.45) is 0. The molecule has 0 atom stereocenters. The van der Waals surface area contributed by atoms with Gasteiger partial charge in [0, 0.05) is 11.3 Å². The Kier molecular flexibility index (Phi) is 3.96. The number of carbonyl (C=O) groups is 1. The summed E-state index contributed by atoms with van der Waals surface area (Å²) >= 11 is 0. The minimum atomic E-state index is -0.606. The highest BCUT2D eigenvalue weighted by Crippen LogP contribution is 2.19. The number of ether oxygens (including phenoxy) is 1. The Balaban J connectivity index is 2.19. The third-order valence-corrected chi connectivity index (χ3v) is 2.66. The number of nitrogens with one attached hydrogen (secondary N) is 1. The summed E-state index contributed by atoms with van der Waals surface area (Å²) in [6.45, 7) is 0. The maximum absolute atomic E-state index is 13.5. The minimum Gasteiger partial charge on any atom is -0.494 e. The number of methoxy groups -OCH3 is 1. The zero-order chi connectivity index (χ0) is 14.5. The van der Waals surface area contributed by atoms with Crippen molar-refractivity contribution in [2.75, 3.05) is 12.4 Å². The van der Waals surface area contributed by atoms with Crippen LogP contribution in [0.15, 0.2) is 42.5 Å². The van der Waals surface area contributed by atoms with Gasteiger partial charge in [-0.2, -0.15) is 5.26 Å². The Morgan fingerprint density at radius 1 is 1.30 bits per heavy atom. The van der Waals surface area contributed by atoms with Crippen LogP contribution < -0.4 is 10.1 Å². The van der Waals surface area contributed by atoms with E-state index in [0.717, 1.165) is 6.07 Å². The molecule has 2 aromatic carbocycles. The number of nitriles is 1.